The number of carbonyl (C=O) groups is 1. The summed E-state index contributed by atoms with van der Waals surface area (Å²) in [5.41, 5.74) is 5.71. The minimum Gasteiger partial charge on any atom is -0.343 e. The first kappa shape index (κ1) is 15.7. The minimum absolute atomic E-state index is 0.0965. The SMILES string of the molecule is Cc1cc(C)n2nc(C(=O)N[C@@H](C)c3ccc4c(c3)CCC4)nc2n1. The van der Waals surface area contributed by atoms with Gasteiger partial charge in [0.1, 0.15) is 0 Å². The molecule has 0 unspecified atom stereocenters. The number of nitrogens with one attached hydrogen (secondary N) is 1. The van der Waals surface area contributed by atoms with Crippen molar-refractivity contribution in [2.24, 2.45) is 0 Å². The van der Waals surface area contributed by atoms with Crippen molar-refractivity contribution in [3.8, 4) is 0 Å². The fourth-order valence-electron chi connectivity index (χ4n) is 3.47. The molecule has 0 aliphatic heterocycles. The maximum Gasteiger partial charge on any atom is 0.291 e. The lowest BCUT2D eigenvalue weighted by Crippen LogP contribution is -2.27. The molecule has 0 fully saturated rings. The first-order valence-corrected chi connectivity index (χ1v) is 8.65. The van der Waals surface area contributed by atoms with Gasteiger partial charge in [0.25, 0.3) is 11.7 Å². The van der Waals surface area contributed by atoms with Crippen molar-refractivity contribution in [2.75, 3.05) is 0 Å². The van der Waals surface area contributed by atoms with Crippen LogP contribution in [0.4, 0.5) is 0 Å². The Morgan fingerprint density at radius 3 is 2.80 bits per heavy atom. The summed E-state index contributed by atoms with van der Waals surface area (Å²) in [6.07, 6.45) is 3.51. The van der Waals surface area contributed by atoms with Crippen LogP contribution in [0.15, 0.2) is 24.3 Å². The number of nitrogens with zero attached hydrogens (tertiary/aromatic N) is 4. The van der Waals surface area contributed by atoms with Crippen LogP contribution in [0.3, 0.4) is 0 Å². The van der Waals surface area contributed by atoms with Gasteiger partial charge >= 0.3 is 0 Å². The van der Waals surface area contributed by atoms with Crippen LogP contribution in [0.5, 0.6) is 0 Å². The zero-order valence-electron chi connectivity index (χ0n) is 14.7. The van der Waals surface area contributed by atoms with E-state index in [9.17, 15) is 4.79 Å². The molecule has 4 rings (SSSR count). The van der Waals surface area contributed by atoms with E-state index >= 15 is 0 Å². The fourth-order valence-corrected chi connectivity index (χ4v) is 3.47. The van der Waals surface area contributed by atoms with Crippen molar-refractivity contribution in [1.29, 1.82) is 0 Å². The highest BCUT2D eigenvalue weighted by Crippen LogP contribution is 2.25. The molecule has 0 saturated heterocycles. The molecule has 0 bridgehead atoms. The Labute approximate surface area is 146 Å². The second-order valence-electron chi connectivity index (χ2n) is 6.76. The van der Waals surface area contributed by atoms with E-state index < -0.39 is 0 Å². The van der Waals surface area contributed by atoms with Crippen LogP contribution in [0.25, 0.3) is 5.78 Å². The topological polar surface area (TPSA) is 72.2 Å². The summed E-state index contributed by atoms with van der Waals surface area (Å²) in [6.45, 7) is 5.81. The molecular weight excluding hydrogens is 314 g/mol. The van der Waals surface area contributed by atoms with Crippen molar-refractivity contribution < 1.29 is 4.79 Å². The Bertz CT molecular complexity index is 975. The standard InChI is InChI=1S/C19H21N5O/c1-11-9-12(2)24-19(20-11)22-17(23-24)18(25)21-13(3)15-8-7-14-5-4-6-16(14)10-15/h7-10,13H,4-6H2,1-3H3,(H,21,25)/t13-/m0/s1. The average Bonchev–Trinajstić information content (AvgIpc) is 3.20. The van der Waals surface area contributed by atoms with Crippen LogP contribution >= 0.6 is 0 Å². The molecule has 25 heavy (non-hydrogen) atoms. The molecule has 0 spiro atoms. The first-order chi connectivity index (χ1) is 12.0. The molecule has 1 amide bonds. The summed E-state index contributed by atoms with van der Waals surface area (Å²) >= 11 is 0. The lowest BCUT2D eigenvalue weighted by molar-refractivity contribution is 0.0929. The molecule has 2 aromatic heterocycles. The second kappa shape index (κ2) is 5.95. The van der Waals surface area contributed by atoms with E-state index in [1.54, 1.807) is 4.52 Å². The molecule has 6 heteroatoms. The van der Waals surface area contributed by atoms with Gasteiger partial charge in [-0.2, -0.15) is 4.98 Å². The van der Waals surface area contributed by atoms with Gasteiger partial charge in [0, 0.05) is 11.4 Å². The number of aryl methyl sites for hydroxylation is 4. The van der Waals surface area contributed by atoms with Crippen molar-refractivity contribution >= 4 is 11.7 Å². The highest BCUT2D eigenvalue weighted by atomic mass is 16.2. The van der Waals surface area contributed by atoms with Gasteiger partial charge in [-0.05, 0) is 62.8 Å². The third-order valence-electron chi connectivity index (χ3n) is 4.79. The van der Waals surface area contributed by atoms with E-state index in [0.29, 0.717) is 5.78 Å². The average molecular weight is 335 g/mol. The van der Waals surface area contributed by atoms with Crippen molar-refractivity contribution in [1.82, 2.24) is 24.9 Å². The third-order valence-corrected chi connectivity index (χ3v) is 4.79. The Kier molecular flexibility index (Phi) is 3.75. The first-order valence-electron chi connectivity index (χ1n) is 8.65. The summed E-state index contributed by atoms with van der Waals surface area (Å²) in [5, 5.41) is 7.28. The molecule has 0 radical (unpaired) electrons. The van der Waals surface area contributed by atoms with E-state index in [4.69, 9.17) is 0 Å². The zero-order chi connectivity index (χ0) is 17.6. The van der Waals surface area contributed by atoms with Crippen LogP contribution in [-0.2, 0) is 12.8 Å². The molecular formula is C19H21N5O. The Balaban J connectivity index is 1.56. The summed E-state index contributed by atoms with van der Waals surface area (Å²) in [5.74, 6) is 0.317. The van der Waals surface area contributed by atoms with Gasteiger partial charge < -0.3 is 5.32 Å². The smallest absolute Gasteiger partial charge is 0.291 e. The normalized spacial score (nSPS) is 14.5. The maximum absolute atomic E-state index is 12.6. The number of carbonyl (C=O) groups excluding carboxylic acids is 1. The lowest BCUT2D eigenvalue weighted by Gasteiger charge is -2.14. The number of benzene rings is 1. The second-order valence-corrected chi connectivity index (χ2v) is 6.76. The third kappa shape index (κ3) is 2.88. The number of aromatic nitrogens is 4. The number of fused-ring (bicyclic) bond motifs is 2. The summed E-state index contributed by atoms with van der Waals surface area (Å²) in [6, 6.07) is 8.30. The maximum atomic E-state index is 12.6. The van der Waals surface area contributed by atoms with Crippen molar-refractivity contribution in [2.45, 2.75) is 46.1 Å². The molecule has 1 atom stereocenters. The number of amides is 1. The molecule has 128 valence electrons. The van der Waals surface area contributed by atoms with Crippen LogP contribution in [0, 0.1) is 13.8 Å². The quantitative estimate of drug-likeness (QED) is 0.799. The molecule has 1 aromatic carbocycles. The highest BCUT2D eigenvalue weighted by molar-refractivity contribution is 5.91. The van der Waals surface area contributed by atoms with Crippen molar-refractivity contribution in [3.63, 3.8) is 0 Å². The van der Waals surface area contributed by atoms with E-state index in [2.05, 4.69) is 38.6 Å². The molecule has 1 aliphatic carbocycles. The van der Waals surface area contributed by atoms with Gasteiger partial charge in [0.2, 0.25) is 5.82 Å². The molecule has 2 heterocycles. The van der Waals surface area contributed by atoms with Gasteiger partial charge in [0.15, 0.2) is 0 Å². The highest BCUT2D eigenvalue weighted by Gasteiger charge is 2.19. The van der Waals surface area contributed by atoms with Gasteiger partial charge in [-0.3, -0.25) is 4.79 Å². The van der Waals surface area contributed by atoms with Crippen LogP contribution in [-0.4, -0.2) is 25.5 Å². The molecule has 6 nitrogen and oxygen atoms in total. The van der Waals surface area contributed by atoms with Crippen LogP contribution in [0.1, 0.15) is 58.1 Å². The van der Waals surface area contributed by atoms with Gasteiger partial charge in [-0.25, -0.2) is 9.50 Å². The Hall–Kier alpha value is -2.76. The number of hydrogen-bond acceptors (Lipinski definition) is 4. The van der Waals surface area contributed by atoms with E-state index in [1.165, 1.54) is 17.5 Å². The fraction of sp³-hybridized carbons (Fsp3) is 0.368. The van der Waals surface area contributed by atoms with E-state index in [1.807, 2.05) is 26.8 Å². The summed E-state index contributed by atoms with van der Waals surface area (Å²) in [4.78, 5) is 21.1. The molecule has 3 aromatic rings. The molecule has 1 aliphatic rings. The molecule has 1 N–H and O–H groups in total. The summed E-state index contributed by atoms with van der Waals surface area (Å²) in [7, 11) is 0. The lowest BCUT2D eigenvalue weighted by atomic mass is 10.0. The van der Waals surface area contributed by atoms with Gasteiger partial charge in [-0.15, -0.1) is 5.10 Å². The van der Waals surface area contributed by atoms with Crippen molar-refractivity contribution in [3.05, 3.63) is 58.2 Å². The summed E-state index contributed by atoms with van der Waals surface area (Å²) < 4.78 is 1.60. The number of hydrogen-bond donors (Lipinski definition) is 1. The van der Waals surface area contributed by atoms with E-state index in [0.717, 1.165) is 29.8 Å². The predicted molar refractivity (Wildman–Crippen MR) is 94.6 cm³/mol. The Morgan fingerprint density at radius 2 is 1.96 bits per heavy atom. The minimum atomic E-state index is -0.282. The van der Waals surface area contributed by atoms with Gasteiger partial charge in [-0.1, -0.05) is 18.2 Å². The van der Waals surface area contributed by atoms with Crippen LogP contribution in [0.2, 0.25) is 0 Å². The number of rotatable bonds is 3. The predicted octanol–water partition coefficient (Wildman–Crippen LogP) is 2.72. The van der Waals surface area contributed by atoms with Gasteiger partial charge in [0.05, 0.1) is 6.04 Å². The largest absolute Gasteiger partial charge is 0.343 e. The zero-order valence-corrected chi connectivity index (χ0v) is 14.7. The monoisotopic (exact) mass is 335 g/mol. The van der Waals surface area contributed by atoms with Crippen LogP contribution < -0.4 is 5.32 Å². The Morgan fingerprint density at radius 1 is 1.16 bits per heavy atom. The van der Waals surface area contributed by atoms with E-state index in [-0.39, 0.29) is 17.8 Å². The molecule has 0 saturated carbocycles.